The smallest absolute Gasteiger partial charge is 0.326 e. The summed E-state index contributed by atoms with van der Waals surface area (Å²) in [7, 11) is 0. The lowest BCUT2D eigenvalue weighted by atomic mass is 10.1. The third-order valence-corrected chi connectivity index (χ3v) is 3.47. The highest BCUT2D eigenvalue weighted by Gasteiger charge is 2.27. The number of imidazole rings is 1. The zero-order valence-corrected chi connectivity index (χ0v) is 10.3. The lowest BCUT2D eigenvalue weighted by Crippen LogP contribution is -2.32. The van der Waals surface area contributed by atoms with Gasteiger partial charge in [-0.15, -0.1) is 0 Å². The van der Waals surface area contributed by atoms with Crippen molar-refractivity contribution in [3.05, 3.63) is 34.2 Å². The first kappa shape index (κ1) is 12.0. The lowest BCUT2D eigenvalue weighted by molar-refractivity contribution is -0.138. The third-order valence-electron chi connectivity index (χ3n) is 3.47. The molecule has 6 nitrogen and oxygen atoms in total. The van der Waals surface area contributed by atoms with Crippen LogP contribution in [0.1, 0.15) is 24.4 Å². The summed E-state index contributed by atoms with van der Waals surface area (Å²) in [6.45, 7) is 0. The summed E-state index contributed by atoms with van der Waals surface area (Å²) in [6.07, 6.45) is 2.33. The van der Waals surface area contributed by atoms with Crippen molar-refractivity contribution in [3.8, 4) is 0 Å². The number of carboxylic acid groups (broad SMARTS) is 1. The molecule has 4 N–H and O–H groups in total. The van der Waals surface area contributed by atoms with Crippen molar-refractivity contribution in [2.45, 2.75) is 31.3 Å². The molecule has 0 bridgehead atoms. The molecule has 0 radical (unpaired) electrons. The zero-order valence-electron chi connectivity index (χ0n) is 10.3. The van der Waals surface area contributed by atoms with Crippen molar-refractivity contribution in [3.63, 3.8) is 0 Å². The molecule has 1 aromatic carbocycles. The van der Waals surface area contributed by atoms with Gasteiger partial charge in [-0.1, -0.05) is 6.07 Å². The summed E-state index contributed by atoms with van der Waals surface area (Å²) in [5, 5.41) is 8.80. The molecule has 1 fully saturated rings. The standard InChI is InChI=1S/C13H15N3O3/c14-9(12(17)18)5-7-1-4-11-10(6-7)15-13(19)16(11)8-2-3-8/h1,4,6,8-9H,2-3,5,14H2,(H,15,19)(H,17,18). The first-order valence-corrected chi connectivity index (χ1v) is 6.28. The highest BCUT2D eigenvalue weighted by molar-refractivity contribution is 5.77. The van der Waals surface area contributed by atoms with Crippen LogP contribution in [-0.4, -0.2) is 26.7 Å². The van der Waals surface area contributed by atoms with Gasteiger partial charge >= 0.3 is 11.7 Å². The minimum Gasteiger partial charge on any atom is -0.480 e. The van der Waals surface area contributed by atoms with E-state index in [-0.39, 0.29) is 12.1 Å². The summed E-state index contributed by atoms with van der Waals surface area (Å²) >= 11 is 0. The Balaban J connectivity index is 1.98. The molecular formula is C13H15N3O3. The van der Waals surface area contributed by atoms with Crippen molar-refractivity contribution in [2.24, 2.45) is 5.73 Å². The van der Waals surface area contributed by atoms with Crippen molar-refractivity contribution >= 4 is 17.0 Å². The number of benzene rings is 1. The highest BCUT2D eigenvalue weighted by atomic mass is 16.4. The Kier molecular flexibility index (Phi) is 2.67. The average Bonchev–Trinajstić information content (AvgIpc) is 3.12. The second kappa shape index (κ2) is 4.24. The Morgan fingerprint density at radius 2 is 2.26 bits per heavy atom. The second-order valence-corrected chi connectivity index (χ2v) is 5.03. The van der Waals surface area contributed by atoms with Crippen molar-refractivity contribution < 1.29 is 9.90 Å². The number of carbonyl (C=O) groups is 1. The maximum absolute atomic E-state index is 11.9. The van der Waals surface area contributed by atoms with E-state index in [1.54, 1.807) is 10.6 Å². The van der Waals surface area contributed by atoms with Gasteiger partial charge in [0.05, 0.1) is 11.0 Å². The zero-order chi connectivity index (χ0) is 13.6. The molecule has 0 amide bonds. The molecular weight excluding hydrogens is 246 g/mol. The number of aliphatic carboxylic acids is 1. The average molecular weight is 261 g/mol. The maximum Gasteiger partial charge on any atom is 0.326 e. The summed E-state index contributed by atoms with van der Waals surface area (Å²) < 4.78 is 1.77. The van der Waals surface area contributed by atoms with E-state index in [0.717, 1.165) is 29.4 Å². The van der Waals surface area contributed by atoms with Gasteiger partial charge < -0.3 is 15.8 Å². The van der Waals surface area contributed by atoms with E-state index >= 15 is 0 Å². The molecule has 0 saturated heterocycles. The maximum atomic E-state index is 11.9. The summed E-state index contributed by atoms with van der Waals surface area (Å²) in [5.74, 6) is -1.02. The van der Waals surface area contributed by atoms with Crippen molar-refractivity contribution in [2.75, 3.05) is 0 Å². The molecule has 0 spiro atoms. The highest BCUT2D eigenvalue weighted by Crippen LogP contribution is 2.35. The normalized spacial score (nSPS) is 16.7. The Bertz CT molecular complexity index is 697. The first-order chi connectivity index (χ1) is 9.06. The van der Waals surface area contributed by atoms with E-state index in [2.05, 4.69) is 4.98 Å². The van der Waals surface area contributed by atoms with Gasteiger partial charge in [-0.2, -0.15) is 0 Å². The fraction of sp³-hybridized carbons (Fsp3) is 0.385. The Hall–Kier alpha value is -2.08. The monoisotopic (exact) mass is 261 g/mol. The number of nitrogens with two attached hydrogens (primary N) is 1. The summed E-state index contributed by atoms with van der Waals surface area (Å²) in [4.78, 5) is 25.4. The number of hydrogen-bond donors (Lipinski definition) is 3. The molecule has 3 rings (SSSR count). The minimum atomic E-state index is -1.02. The van der Waals surface area contributed by atoms with E-state index < -0.39 is 12.0 Å². The van der Waals surface area contributed by atoms with Crippen LogP contribution in [0.5, 0.6) is 0 Å². The summed E-state index contributed by atoms with van der Waals surface area (Å²) in [6, 6.07) is 4.88. The molecule has 1 aliphatic rings. The molecule has 1 saturated carbocycles. The van der Waals surface area contributed by atoms with Gasteiger partial charge in [0.1, 0.15) is 6.04 Å². The molecule has 1 unspecified atom stereocenters. The van der Waals surface area contributed by atoms with Crippen LogP contribution >= 0.6 is 0 Å². The molecule has 19 heavy (non-hydrogen) atoms. The first-order valence-electron chi connectivity index (χ1n) is 6.28. The van der Waals surface area contributed by atoms with Gasteiger partial charge in [-0.3, -0.25) is 9.36 Å². The number of rotatable bonds is 4. The number of hydrogen-bond acceptors (Lipinski definition) is 3. The van der Waals surface area contributed by atoms with E-state index in [9.17, 15) is 9.59 Å². The summed E-state index contributed by atoms with van der Waals surface area (Å²) in [5.41, 5.74) is 7.84. The molecule has 100 valence electrons. The molecule has 1 heterocycles. The van der Waals surface area contributed by atoms with Crippen LogP contribution in [0.15, 0.2) is 23.0 Å². The number of nitrogens with zero attached hydrogens (tertiary/aromatic N) is 1. The SMILES string of the molecule is NC(Cc1ccc2c(c1)[nH]c(=O)n2C1CC1)C(=O)O. The topological polar surface area (TPSA) is 101 Å². The Morgan fingerprint density at radius 3 is 2.89 bits per heavy atom. The van der Waals surface area contributed by atoms with Crippen LogP contribution in [0.2, 0.25) is 0 Å². The van der Waals surface area contributed by atoms with Crippen LogP contribution in [0, 0.1) is 0 Å². The van der Waals surface area contributed by atoms with Gasteiger partial charge in [0.2, 0.25) is 0 Å². The predicted molar refractivity (Wildman–Crippen MR) is 70.1 cm³/mol. The second-order valence-electron chi connectivity index (χ2n) is 5.03. The number of H-pyrrole nitrogens is 1. The van der Waals surface area contributed by atoms with E-state index in [0.29, 0.717) is 6.04 Å². The molecule has 1 aliphatic carbocycles. The number of aromatic amines is 1. The van der Waals surface area contributed by atoms with Gasteiger partial charge in [-0.05, 0) is 37.0 Å². The largest absolute Gasteiger partial charge is 0.480 e. The quantitative estimate of drug-likeness (QED) is 0.750. The molecule has 6 heteroatoms. The molecule has 1 atom stereocenters. The van der Waals surface area contributed by atoms with E-state index in [4.69, 9.17) is 10.8 Å². The van der Waals surface area contributed by atoms with Crippen LogP contribution < -0.4 is 11.4 Å². The van der Waals surface area contributed by atoms with Gasteiger partial charge in [0.15, 0.2) is 0 Å². The van der Waals surface area contributed by atoms with Gasteiger partial charge in [-0.25, -0.2) is 4.79 Å². The molecule has 2 aromatic rings. The number of fused-ring (bicyclic) bond motifs is 1. The van der Waals surface area contributed by atoms with Crippen LogP contribution in [0.25, 0.3) is 11.0 Å². The van der Waals surface area contributed by atoms with Crippen LogP contribution in [0.3, 0.4) is 0 Å². The molecule has 0 aliphatic heterocycles. The predicted octanol–water partition coefficient (Wildman–Crippen LogP) is 0.619. The van der Waals surface area contributed by atoms with Crippen molar-refractivity contribution in [1.29, 1.82) is 0 Å². The number of aromatic nitrogens is 2. The third kappa shape index (κ3) is 2.15. The Morgan fingerprint density at radius 1 is 1.53 bits per heavy atom. The van der Waals surface area contributed by atoms with E-state index in [1.165, 1.54) is 0 Å². The van der Waals surface area contributed by atoms with Crippen molar-refractivity contribution in [1.82, 2.24) is 9.55 Å². The fourth-order valence-corrected chi connectivity index (χ4v) is 2.34. The van der Waals surface area contributed by atoms with E-state index in [1.807, 2.05) is 12.1 Å². The van der Waals surface area contributed by atoms with Gasteiger partial charge in [0, 0.05) is 6.04 Å². The minimum absolute atomic E-state index is 0.0998. The number of nitrogens with one attached hydrogen (secondary N) is 1. The lowest BCUT2D eigenvalue weighted by Gasteiger charge is -2.06. The van der Waals surface area contributed by atoms with Gasteiger partial charge in [0.25, 0.3) is 0 Å². The fourth-order valence-electron chi connectivity index (χ4n) is 2.34. The van der Waals surface area contributed by atoms with Crippen LogP contribution in [-0.2, 0) is 11.2 Å². The Labute approximate surface area is 108 Å². The van der Waals surface area contributed by atoms with Crippen LogP contribution in [0.4, 0.5) is 0 Å². The number of carboxylic acids is 1. The molecule has 1 aromatic heterocycles.